The fourth-order valence-corrected chi connectivity index (χ4v) is 4.81. The van der Waals surface area contributed by atoms with E-state index in [0.29, 0.717) is 23.5 Å². The first kappa shape index (κ1) is 21.7. The lowest BCUT2D eigenvalue weighted by Crippen LogP contribution is -2.36. The normalized spacial score (nSPS) is 20.0. The molecule has 1 aromatic heterocycles. The van der Waals surface area contributed by atoms with Crippen LogP contribution in [-0.4, -0.2) is 51.6 Å². The number of rotatable bonds is 5. The monoisotopic (exact) mass is 457 g/mol. The molecule has 2 aliphatic heterocycles. The summed E-state index contributed by atoms with van der Waals surface area (Å²) in [5.74, 6) is 0.0712. The van der Waals surface area contributed by atoms with Crippen molar-refractivity contribution in [2.75, 3.05) is 19.4 Å². The van der Waals surface area contributed by atoms with E-state index < -0.39 is 0 Å². The molecule has 2 aliphatic rings. The van der Waals surface area contributed by atoms with Crippen LogP contribution in [0.3, 0.4) is 0 Å². The van der Waals surface area contributed by atoms with Gasteiger partial charge in [0, 0.05) is 29.2 Å². The summed E-state index contributed by atoms with van der Waals surface area (Å²) in [6.07, 6.45) is 4.07. The first-order chi connectivity index (χ1) is 14.7. The highest BCUT2D eigenvalue weighted by Gasteiger charge is 2.43. The molecular formula is C23H24ClN3O3S. The minimum absolute atomic E-state index is 0. The fourth-order valence-electron chi connectivity index (χ4n) is 4.40. The highest BCUT2D eigenvalue weighted by molar-refractivity contribution is 7.98. The number of thioether (sulfide) groups is 1. The van der Waals surface area contributed by atoms with Crippen LogP contribution in [0.2, 0.25) is 0 Å². The summed E-state index contributed by atoms with van der Waals surface area (Å²) in [7, 11) is 0. The molecule has 0 bridgehead atoms. The Kier molecular flexibility index (Phi) is 6.27. The number of nitrogens with one attached hydrogen (secondary N) is 1. The van der Waals surface area contributed by atoms with Gasteiger partial charge in [0.05, 0.1) is 12.1 Å². The van der Waals surface area contributed by atoms with Crippen LogP contribution in [-0.2, 0) is 4.74 Å². The molecule has 2 N–H and O–H groups in total. The molecular weight excluding hydrogens is 434 g/mol. The Hall–Kier alpha value is -2.48. The van der Waals surface area contributed by atoms with Gasteiger partial charge in [0.2, 0.25) is 0 Å². The number of aromatic amines is 1. The van der Waals surface area contributed by atoms with Crippen molar-refractivity contribution in [3.8, 4) is 17.0 Å². The third kappa shape index (κ3) is 3.82. The molecule has 2 unspecified atom stereocenters. The van der Waals surface area contributed by atoms with Crippen LogP contribution in [0.25, 0.3) is 11.3 Å². The lowest BCUT2D eigenvalue weighted by molar-refractivity contribution is 0.0495. The largest absolute Gasteiger partial charge is 0.507 e. The van der Waals surface area contributed by atoms with E-state index in [-0.39, 0.29) is 36.2 Å². The summed E-state index contributed by atoms with van der Waals surface area (Å²) < 4.78 is 5.83. The van der Waals surface area contributed by atoms with Gasteiger partial charge in [0.15, 0.2) is 0 Å². The topological polar surface area (TPSA) is 78.5 Å². The van der Waals surface area contributed by atoms with Crippen LogP contribution in [0.4, 0.5) is 0 Å². The number of H-pyrrole nitrogens is 1. The number of phenolic OH excluding ortho intramolecular Hbond substituents is 1. The van der Waals surface area contributed by atoms with Crippen molar-refractivity contribution in [3.05, 3.63) is 65.4 Å². The molecule has 1 saturated heterocycles. The number of benzene rings is 2. The molecule has 0 saturated carbocycles. The van der Waals surface area contributed by atoms with Crippen molar-refractivity contribution < 1.29 is 14.6 Å². The number of carbonyl (C=O) groups excluding carboxylic acids is 1. The Bertz CT molecular complexity index is 1080. The maximum absolute atomic E-state index is 13.4. The maximum Gasteiger partial charge on any atom is 0.273 e. The number of nitrogens with zero attached hydrogens (tertiary/aromatic N) is 2. The van der Waals surface area contributed by atoms with Gasteiger partial charge in [-0.3, -0.25) is 9.89 Å². The fraction of sp³-hybridized carbons (Fsp3) is 0.304. The van der Waals surface area contributed by atoms with Gasteiger partial charge >= 0.3 is 0 Å². The second-order valence-corrected chi connectivity index (χ2v) is 8.53. The number of para-hydroxylation sites is 1. The van der Waals surface area contributed by atoms with Crippen molar-refractivity contribution in [1.29, 1.82) is 0 Å². The van der Waals surface area contributed by atoms with Gasteiger partial charge in [-0.25, -0.2) is 0 Å². The Balaban J connectivity index is 0.00000231. The minimum Gasteiger partial charge on any atom is -0.507 e. The van der Waals surface area contributed by atoms with Crippen LogP contribution in [0, 0.1) is 0 Å². The number of ether oxygens (including phenoxy) is 1. The van der Waals surface area contributed by atoms with Crippen LogP contribution in [0.1, 0.15) is 40.5 Å². The van der Waals surface area contributed by atoms with Gasteiger partial charge in [-0.1, -0.05) is 24.3 Å². The molecule has 162 valence electrons. The SMILES string of the molecule is CSc1ccc(C2c3c(-c4ccccc4O)n[nH]c3C(=O)N2CC2CCCO2)cc1.Cl. The quantitative estimate of drug-likeness (QED) is 0.545. The molecule has 31 heavy (non-hydrogen) atoms. The highest BCUT2D eigenvalue weighted by atomic mass is 35.5. The predicted molar refractivity (Wildman–Crippen MR) is 123 cm³/mol. The summed E-state index contributed by atoms with van der Waals surface area (Å²) in [5.41, 5.74) is 3.57. The lowest BCUT2D eigenvalue weighted by Gasteiger charge is -2.28. The van der Waals surface area contributed by atoms with Crippen LogP contribution in [0.15, 0.2) is 53.4 Å². The molecule has 6 nitrogen and oxygen atoms in total. The van der Waals surface area contributed by atoms with Gasteiger partial charge in [-0.05, 0) is 48.9 Å². The predicted octanol–water partition coefficient (Wildman–Crippen LogP) is 4.65. The smallest absolute Gasteiger partial charge is 0.273 e. The maximum atomic E-state index is 13.4. The second kappa shape index (κ2) is 8.94. The van der Waals surface area contributed by atoms with Gasteiger partial charge in [-0.2, -0.15) is 5.10 Å². The number of aromatic hydroxyl groups is 1. The zero-order valence-corrected chi connectivity index (χ0v) is 18.7. The number of carbonyl (C=O) groups is 1. The third-order valence-electron chi connectivity index (χ3n) is 5.88. The average molecular weight is 458 g/mol. The Morgan fingerprint density at radius 2 is 2.00 bits per heavy atom. The third-order valence-corrected chi connectivity index (χ3v) is 6.62. The number of halogens is 1. The van der Waals surface area contributed by atoms with Crippen molar-refractivity contribution >= 4 is 30.1 Å². The molecule has 0 radical (unpaired) electrons. The number of phenols is 1. The Morgan fingerprint density at radius 1 is 1.23 bits per heavy atom. The average Bonchev–Trinajstić information content (AvgIpc) is 3.49. The van der Waals surface area contributed by atoms with Crippen LogP contribution < -0.4 is 0 Å². The highest BCUT2D eigenvalue weighted by Crippen LogP contribution is 2.44. The van der Waals surface area contributed by atoms with E-state index in [1.807, 2.05) is 23.3 Å². The minimum atomic E-state index is -0.277. The van der Waals surface area contributed by atoms with Crippen molar-refractivity contribution in [1.82, 2.24) is 15.1 Å². The van der Waals surface area contributed by atoms with E-state index in [0.717, 1.165) is 30.6 Å². The Labute approximate surface area is 191 Å². The van der Waals surface area contributed by atoms with Crippen LogP contribution >= 0.6 is 24.2 Å². The van der Waals surface area contributed by atoms with Gasteiger partial charge in [-0.15, -0.1) is 24.2 Å². The molecule has 0 spiro atoms. The van der Waals surface area contributed by atoms with Gasteiger partial charge in [0.25, 0.3) is 5.91 Å². The molecule has 3 heterocycles. The van der Waals surface area contributed by atoms with E-state index in [1.54, 1.807) is 23.9 Å². The summed E-state index contributed by atoms with van der Waals surface area (Å²) in [6.45, 7) is 1.28. The molecule has 3 aromatic rings. The molecule has 5 rings (SSSR count). The van der Waals surface area contributed by atoms with Crippen molar-refractivity contribution in [2.24, 2.45) is 0 Å². The Morgan fingerprint density at radius 3 is 2.68 bits per heavy atom. The first-order valence-corrected chi connectivity index (χ1v) is 11.3. The van der Waals surface area contributed by atoms with E-state index in [9.17, 15) is 9.90 Å². The number of hydrogen-bond donors (Lipinski definition) is 2. The van der Waals surface area contributed by atoms with E-state index in [2.05, 4.69) is 34.5 Å². The zero-order chi connectivity index (χ0) is 20.7. The molecule has 8 heteroatoms. The standard InChI is InChI=1S/C23H23N3O3S.ClH/c1-30-16-10-8-14(9-11-16)22-19-20(17-6-2-3-7-18(17)27)24-25-21(19)23(28)26(22)13-15-5-4-12-29-15;/h2-3,6-11,15,22,27H,4-5,12-13H2,1H3,(H,24,25);1H. The van der Waals surface area contributed by atoms with Gasteiger partial charge in [0.1, 0.15) is 17.1 Å². The molecule has 1 fully saturated rings. The van der Waals surface area contributed by atoms with E-state index in [4.69, 9.17) is 4.74 Å². The zero-order valence-electron chi connectivity index (χ0n) is 17.1. The van der Waals surface area contributed by atoms with E-state index in [1.165, 1.54) is 4.90 Å². The molecule has 2 atom stereocenters. The summed E-state index contributed by atoms with van der Waals surface area (Å²) >= 11 is 1.68. The first-order valence-electron chi connectivity index (χ1n) is 10.1. The molecule has 1 amide bonds. The summed E-state index contributed by atoms with van der Waals surface area (Å²) in [6, 6.07) is 15.1. The summed E-state index contributed by atoms with van der Waals surface area (Å²) in [4.78, 5) is 16.4. The number of aromatic nitrogens is 2. The number of amides is 1. The summed E-state index contributed by atoms with van der Waals surface area (Å²) in [5, 5.41) is 17.8. The van der Waals surface area contributed by atoms with Crippen molar-refractivity contribution in [3.63, 3.8) is 0 Å². The second-order valence-electron chi connectivity index (χ2n) is 7.65. The molecule has 0 aliphatic carbocycles. The van der Waals surface area contributed by atoms with E-state index >= 15 is 0 Å². The lowest BCUT2D eigenvalue weighted by atomic mass is 9.95. The van der Waals surface area contributed by atoms with Crippen molar-refractivity contribution in [2.45, 2.75) is 29.9 Å². The number of hydrogen-bond acceptors (Lipinski definition) is 5. The van der Waals surface area contributed by atoms with Gasteiger partial charge < -0.3 is 14.7 Å². The van der Waals surface area contributed by atoms with Crippen LogP contribution in [0.5, 0.6) is 5.75 Å². The molecule has 2 aromatic carbocycles. The number of fused-ring (bicyclic) bond motifs is 1.